The van der Waals surface area contributed by atoms with Crippen LogP contribution >= 0.6 is 0 Å². The molecule has 4 aliphatic carbocycles. The first-order valence-corrected chi connectivity index (χ1v) is 12.9. The average molecular weight is 451 g/mol. The minimum atomic E-state index is -0.290. The van der Waals surface area contributed by atoms with Crippen molar-refractivity contribution in [2.45, 2.75) is 77.7 Å². The Labute approximate surface area is 196 Å². The fraction of sp³-hybridized carbons (Fsp3) is 0.643. The summed E-state index contributed by atoms with van der Waals surface area (Å²) in [7, 11) is 0. The molecule has 1 aromatic rings. The van der Waals surface area contributed by atoms with Gasteiger partial charge in [0.05, 0.1) is 0 Å². The van der Waals surface area contributed by atoms with Gasteiger partial charge >= 0.3 is 0 Å². The number of anilines is 1. The maximum absolute atomic E-state index is 13.3. The molecule has 1 N–H and O–H groups in total. The van der Waals surface area contributed by atoms with Crippen molar-refractivity contribution >= 4 is 17.5 Å². The highest BCUT2D eigenvalue weighted by molar-refractivity contribution is 5.93. The van der Waals surface area contributed by atoms with E-state index in [1.807, 2.05) is 0 Å². The van der Waals surface area contributed by atoms with Crippen LogP contribution < -0.4 is 5.32 Å². The minimum Gasteiger partial charge on any atom is -0.326 e. The number of amides is 2. The van der Waals surface area contributed by atoms with Crippen molar-refractivity contribution in [1.82, 2.24) is 4.90 Å². The largest absolute Gasteiger partial charge is 0.326 e. The van der Waals surface area contributed by atoms with Crippen molar-refractivity contribution in [3.05, 3.63) is 41.9 Å². The van der Waals surface area contributed by atoms with Crippen LogP contribution in [-0.4, -0.2) is 22.8 Å². The van der Waals surface area contributed by atoms with E-state index in [1.54, 1.807) is 12.1 Å². The number of benzene rings is 1. The van der Waals surface area contributed by atoms with Crippen molar-refractivity contribution in [1.29, 1.82) is 0 Å². The lowest BCUT2D eigenvalue weighted by Crippen LogP contribution is -2.55. The fourth-order valence-electron chi connectivity index (χ4n) is 8.31. The van der Waals surface area contributed by atoms with Crippen LogP contribution in [0.1, 0.15) is 71.6 Å². The average Bonchev–Trinajstić information content (AvgIpc) is 3.56. The summed E-state index contributed by atoms with van der Waals surface area (Å²) in [5.74, 6) is 1.87. The molecule has 6 rings (SSSR count). The summed E-state index contributed by atoms with van der Waals surface area (Å²) < 4.78 is 13.3. The quantitative estimate of drug-likeness (QED) is 0.623. The number of fused-ring (bicyclic) bond motifs is 5. The zero-order valence-electron chi connectivity index (χ0n) is 19.8. The SMILES string of the molecule is C[C@]12CC[C@H]3[C@@H](CC=C4N(C5CC5)C(=O)CC[C@@]43C)[C@@H]1CC[C@@H]2C(=O)Nc1ccc(F)cc1. The highest BCUT2D eigenvalue weighted by Gasteiger charge is 2.61. The van der Waals surface area contributed by atoms with Crippen LogP contribution in [-0.2, 0) is 9.59 Å². The van der Waals surface area contributed by atoms with E-state index >= 15 is 0 Å². The molecule has 4 nitrogen and oxygen atoms in total. The van der Waals surface area contributed by atoms with Gasteiger partial charge in [-0.3, -0.25) is 9.59 Å². The van der Waals surface area contributed by atoms with Crippen LogP contribution in [0.2, 0.25) is 0 Å². The molecule has 0 aromatic heterocycles. The summed E-state index contributed by atoms with van der Waals surface area (Å²) in [6, 6.07) is 6.52. The van der Waals surface area contributed by atoms with Crippen LogP contribution in [0.3, 0.4) is 0 Å². The Hall–Kier alpha value is -2.17. The molecule has 1 saturated heterocycles. The van der Waals surface area contributed by atoms with E-state index in [9.17, 15) is 14.0 Å². The topological polar surface area (TPSA) is 49.4 Å². The molecule has 0 spiro atoms. The van der Waals surface area contributed by atoms with Crippen LogP contribution in [0, 0.1) is 40.3 Å². The molecule has 33 heavy (non-hydrogen) atoms. The number of halogens is 1. The van der Waals surface area contributed by atoms with E-state index < -0.39 is 0 Å². The Bertz CT molecular complexity index is 1020. The summed E-state index contributed by atoms with van der Waals surface area (Å²) in [6.07, 6.45) is 11.6. The predicted octanol–water partition coefficient (Wildman–Crippen LogP) is 5.90. The second-order valence-corrected chi connectivity index (χ2v) is 11.8. The van der Waals surface area contributed by atoms with Gasteiger partial charge in [0.25, 0.3) is 0 Å². The Balaban J connectivity index is 1.25. The van der Waals surface area contributed by atoms with Gasteiger partial charge in [-0.2, -0.15) is 0 Å². The third kappa shape index (κ3) is 3.21. The molecular weight excluding hydrogens is 415 g/mol. The first-order valence-electron chi connectivity index (χ1n) is 12.9. The summed E-state index contributed by atoms with van der Waals surface area (Å²) in [4.78, 5) is 28.3. The summed E-state index contributed by atoms with van der Waals surface area (Å²) >= 11 is 0. The molecule has 5 aliphatic rings. The third-order valence-electron chi connectivity index (χ3n) is 10.2. The van der Waals surface area contributed by atoms with Gasteiger partial charge in [0.15, 0.2) is 0 Å². The molecule has 5 heteroatoms. The molecule has 3 saturated carbocycles. The van der Waals surface area contributed by atoms with E-state index in [0.717, 1.165) is 51.4 Å². The number of piperidine rings is 1. The van der Waals surface area contributed by atoms with Crippen LogP contribution in [0.5, 0.6) is 0 Å². The van der Waals surface area contributed by atoms with Gasteiger partial charge in [-0.25, -0.2) is 4.39 Å². The van der Waals surface area contributed by atoms with Crippen molar-refractivity contribution in [2.24, 2.45) is 34.5 Å². The number of carbonyl (C=O) groups is 2. The first kappa shape index (κ1) is 21.4. The van der Waals surface area contributed by atoms with E-state index in [1.165, 1.54) is 17.8 Å². The molecule has 1 aliphatic heterocycles. The van der Waals surface area contributed by atoms with Crippen LogP contribution in [0.25, 0.3) is 0 Å². The van der Waals surface area contributed by atoms with E-state index in [-0.39, 0.29) is 28.5 Å². The molecule has 6 atom stereocenters. The Morgan fingerprint density at radius 2 is 1.79 bits per heavy atom. The van der Waals surface area contributed by atoms with Crippen molar-refractivity contribution in [3.8, 4) is 0 Å². The number of rotatable bonds is 3. The molecule has 2 amide bonds. The number of nitrogens with zero attached hydrogens (tertiary/aromatic N) is 1. The molecule has 0 bridgehead atoms. The third-order valence-corrected chi connectivity index (χ3v) is 10.2. The Morgan fingerprint density at radius 1 is 1.03 bits per heavy atom. The van der Waals surface area contributed by atoms with Crippen LogP contribution in [0.4, 0.5) is 10.1 Å². The highest BCUT2D eigenvalue weighted by Crippen LogP contribution is 2.66. The first-order chi connectivity index (χ1) is 15.8. The molecule has 1 aromatic carbocycles. The summed E-state index contributed by atoms with van der Waals surface area (Å²) in [5, 5.41) is 3.06. The maximum Gasteiger partial charge on any atom is 0.228 e. The van der Waals surface area contributed by atoms with Gasteiger partial charge in [-0.1, -0.05) is 19.9 Å². The maximum atomic E-state index is 13.3. The Kier molecular flexibility index (Phi) is 4.80. The molecule has 176 valence electrons. The molecule has 0 radical (unpaired) electrons. The lowest BCUT2D eigenvalue weighted by Gasteiger charge is -2.58. The van der Waals surface area contributed by atoms with Gasteiger partial charge in [0.1, 0.15) is 5.82 Å². The molecule has 1 heterocycles. The number of hydrogen-bond donors (Lipinski definition) is 1. The van der Waals surface area contributed by atoms with Crippen molar-refractivity contribution in [3.63, 3.8) is 0 Å². The van der Waals surface area contributed by atoms with Gasteiger partial charge < -0.3 is 10.2 Å². The number of hydrogen-bond acceptors (Lipinski definition) is 2. The van der Waals surface area contributed by atoms with Crippen molar-refractivity contribution < 1.29 is 14.0 Å². The van der Waals surface area contributed by atoms with E-state index in [2.05, 4.69) is 30.1 Å². The van der Waals surface area contributed by atoms with Gasteiger partial charge in [-0.05, 0) is 98.8 Å². The smallest absolute Gasteiger partial charge is 0.228 e. The normalized spacial score (nSPS) is 39.9. The van der Waals surface area contributed by atoms with Crippen LogP contribution in [0.15, 0.2) is 36.0 Å². The van der Waals surface area contributed by atoms with Gasteiger partial charge in [-0.15, -0.1) is 0 Å². The number of allylic oxidation sites excluding steroid dienone is 2. The number of carbonyl (C=O) groups excluding carboxylic acids is 2. The molecule has 0 unspecified atom stereocenters. The highest BCUT2D eigenvalue weighted by atomic mass is 19.1. The van der Waals surface area contributed by atoms with E-state index in [0.29, 0.717) is 41.8 Å². The summed E-state index contributed by atoms with van der Waals surface area (Å²) in [5.41, 5.74) is 2.10. The second kappa shape index (κ2) is 7.41. The fourth-order valence-corrected chi connectivity index (χ4v) is 8.31. The molecular formula is C28H35FN2O2. The zero-order chi connectivity index (χ0) is 23.0. The van der Waals surface area contributed by atoms with Crippen molar-refractivity contribution in [2.75, 3.05) is 5.32 Å². The number of nitrogens with one attached hydrogen (secondary N) is 1. The lowest BCUT2D eigenvalue weighted by molar-refractivity contribution is -0.139. The predicted molar refractivity (Wildman–Crippen MR) is 125 cm³/mol. The lowest BCUT2D eigenvalue weighted by atomic mass is 9.49. The monoisotopic (exact) mass is 450 g/mol. The van der Waals surface area contributed by atoms with E-state index in [4.69, 9.17) is 0 Å². The van der Waals surface area contributed by atoms with Gasteiger partial charge in [0.2, 0.25) is 11.8 Å². The van der Waals surface area contributed by atoms with Gasteiger partial charge in [0, 0.05) is 35.2 Å². The Morgan fingerprint density at radius 3 is 2.52 bits per heavy atom. The standard InChI is InChI=1S/C28H35FN2O2/c1-27-15-13-22-20(9-12-24-28(22,2)16-14-25(32)31(24)19-7-8-19)21(27)10-11-23(27)26(33)30-18-5-3-17(29)4-6-18/h3-6,12,19-23H,7-11,13-16H2,1-2H3,(H,30,33)/t20-,21-,22-,23+,27-,28+/m0/s1. The second-order valence-electron chi connectivity index (χ2n) is 11.8. The summed E-state index contributed by atoms with van der Waals surface area (Å²) in [6.45, 7) is 4.77. The zero-order valence-corrected chi connectivity index (χ0v) is 19.8. The minimum absolute atomic E-state index is 0.00239. The molecule has 4 fully saturated rings. The number of likely N-dealkylation sites (tertiary alicyclic amines) is 1.